The third kappa shape index (κ3) is 6.72. The summed E-state index contributed by atoms with van der Waals surface area (Å²) >= 11 is 6.18. The molecule has 15 heteroatoms. The lowest BCUT2D eigenvalue weighted by Crippen LogP contribution is -2.28. The SMILES string of the molecule is O=C(NCc1ccc(OC(F)(F)F)c(Cl)c1)c1ccc(S(=O)(=O)NC2=N[C@H](O)[C@@H](F)S2)cc1. The lowest BCUT2D eigenvalue weighted by atomic mass is 10.2. The fourth-order valence-corrected chi connectivity index (χ4v) is 4.76. The molecule has 3 N–H and O–H groups in total. The normalized spacial score (nSPS) is 18.5. The maximum absolute atomic E-state index is 13.2. The number of carbonyl (C=O) groups is 1. The molecule has 0 aromatic heterocycles. The van der Waals surface area contributed by atoms with Crippen LogP contribution in [-0.4, -0.2) is 42.7 Å². The summed E-state index contributed by atoms with van der Waals surface area (Å²) in [6.45, 7) is -0.0732. The van der Waals surface area contributed by atoms with Gasteiger partial charge in [0.25, 0.3) is 15.9 Å². The molecule has 0 saturated heterocycles. The van der Waals surface area contributed by atoms with Crippen LogP contribution in [0.5, 0.6) is 5.75 Å². The number of alkyl halides is 4. The first kappa shape index (κ1) is 25.1. The smallest absolute Gasteiger partial charge is 0.404 e. The van der Waals surface area contributed by atoms with Crippen molar-refractivity contribution in [1.82, 2.24) is 10.0 Å². The Labute approximate surface area is 194 Å². The molecule has 178 valence electrons. The Kier molecular flexibility index (Phi) is 7.41. The number of nitrogens with one attached hydrogen (secondary N) is 2. The molecule has 1 aliphatic rings. The summed E-state index contributed by atoms with van der Waals surface area (Å²) in [4.78, 5) is 15.5. The van der Waals surface area contributed by atoms with Gasteiger partial charge in [0.15, 0.2) is 16.9 Å². The number of hydrogen-bond acceptors (Lipinski definition) is 7. The molecule has 0 fully saturated rings. The van der Waals surface area contributed by atoms with Crippen molar-refractivity contribution < 1.29 is 40.6 Å². The highest BCUT2D eigenvalue weighted by molar-refractivity contribution is 8.15. The van der Waals surface area contributed by atoms with Crippen molar-refractivity contribution in [1.29, 1.82) is 0 Å². The first-order valence-corrected chi connectivity index (χ1v) is 11.6. The summed E-state index contributed by atoms with van der Waals surface area (Å²) in [6.07, 6.45) is -6.56. The van der Waals surface area contributed by atoms with Crippen molar-refractivity contribution in [2.75, 3.05) is 0 Å². The van der Waals surface area contributed by atoms with E-state index in [0.717, 1.165) is 18.2 Å². The van der Waals surface area contributed by atoms with Gasteiger partial charge in [0.05, 0.1) is 9.92 Å². The Bertz CT molecular complexity index is 1180. The summed E-state index contributed by atoms with van der Waals surface area (Å²) in [5.74, 6) is -1.17. The van der Waals surface area contributed by atoms with Gasteiger partial charge in [-0.3, -0.25) is 9.52 Å². The number of thioether (sulfide) groups is 1. The van der Waals surface area contributed by atoms with E-state index in [1.165, 1.54) is 24.3 Å². The van der Waals surface area contributed by atoms with E-state index < -0.39 is 39.8 Å². The quantitative estimate of drug-likeness (QED) is 0.497. The number of amides is 1. The van der Waals surface area contributed by atoms with Crippen LogP contribution in [0.25, 0.3) is 0 Å². The van der Waals surface area contributed by atoms with Crippen molar-refractivity contribution in [2.24, 2.45) is 4.99 Å². The molecule has 0 spiro atoms. The number of sulfonamides is 1. The third-order valence-electron chi connectivity index (χ3n) is 4.03. The number of carbonyl (C=O) groups excluding carboxylic acids is 1. The number of amidine groups is 1. The lowest BCUT2D eigenvalue weighted by molar-refractivity contribution is -0.274. The number of halogens is 5. The summed E-state index contributed by atoms with van der Waals surface area (Å²) in [7, 11) is -4.13. The first-order chi connectivity index (χ1) is 15.3. The number of rotatable bonds is 6. The highest BCUT2D eigenvalue weighted by atomic mass is 35.5. The molecule has 2 aromatic rings. The molecular weight excluding hydrogens is 514 g/mol. The predicted molar refractivity (Wildman–Crippen MR) is 112 cm³/mol. The van der Waals surface area contributed by atoms with Crippen molar-refractivity contribution >= 4 is 44.5 Å². The summed E-state index contributed by atoms with van der Waals surface area (Å²) in [5, 5.41) is 11.1. The Morgan fingerprint density at radius 1 is 1.21 bits per heavy atom. The molecule has 0 radical (unpaired) electrons. The molecule has 1 amide bonds. The van der Waals surface area contributed by atoms with E-state index in [-0.39, 0.29) is 27.2 Å². The second-order valence-corrected chi connectivity index (χ2v) is 9.60. The Hall–Kier alpha value is -2.55. The molecule has 1 aliphatic heterocycles. The van der Waals surface area contributed by atoms with Gasteiger partial charge in [-0.05, 0) is 53.7 Å². The van der Waals surface area contributed by atoms with Gasteiger partial charge >= 0.3 is 6.36 Å². The molecule has 1 heterocycles. The van der Waals surface area contributed by atoms with Gasteiger partial charge in [0, 0.05) is 12.1 Å². The van der Waals surface area contributed by atoms with Crippen LogP contribution in [0, 0.1) is 0 Å². The molecule has 0 bridgehead atoms. The van der Waals surface area contributed by atoms with Crippen LogP contribution in [0.2, 0.25) is 5.02 Å². The number of hydrogen-bond donors (Lipinski definition) is 3. The van der Waals surface area contributed by atoms with Crippen LogP contribution in [0.1, 0.15) is 15.9 Å². The van der Waals surface area contributed by atoms with Crippen molar-refractivity contribution in [3.05, 3.63) is 58.6 Å². The summed E-state index contributed by atoms with van der Waals surface area (Å²) in [6, 6.07) is 8.24. The fraction of sp³-hybridized carbons (Fsp3) is 0.222. The molecule has 0 unspecified atom stereocenters. The van der Waals surface area contributed by atoms with Crippen LogP contribution in [0.3, 0.4) is 0 Å². The van der Waals surface area contributed by atoms with Crippen molar-refractivity contribution in [3.63, 3.8) is 0 Å². The monoisotopic (exact) mass is 527 g/mol. The largest absolute Gasteiger partial charge is 0.573 e. The second-order valence-electron chi connectivity index (χ2n) is 6.44. The number of aliphatic imine (C=N–C) groups is 1. The maximum atomic E-state index is 13.2. The first-order valence-electron chi connectivity index (χ1n) is 8.86. The Morgan fingerprint density at radius 3 is 2.42 bits per heavy atom. The van der Waals surface area contributed by atoms with E-state index in [4.69, 9.17) is 11.6 Å². The van der Waals surface area contributed by atoms with Gasteiger partial charge in [0.2, 0.25) is 0 Å². The van der Waals surface area contributed by atoms with Gasteiger partial charge < -0.3 is 15.2 Å². The average Bonchev–Trinajstić information content (AvgIpc) is 3.03. The Morgan fingerprint density at radius 2 is 1.88 bits per heavy atom. The van der Waals surface area contributed by atoms with E-state index in [9.17, 15) is 35.9 Å². The molecule has 2 aromatic carbocycles. The highest BCUT2D eigenvalue weighted by Crippen LogP contribution is 2.31. The average molecular weight is 528 g/mol. The van der Waals surface area contributed by atoms with Crippen LogP contribution in [-0.2, 0) is 16.6 Å². The van der Waals surface area contributed by atoms with E-state index in [0.29, 0.717) is 17.3 Å². The summed E-state index contributed by atoms with van der Waals surface area (Å²) in [5.41, 5.74) is -1.28. The van der Waals surface area contributed by atoms with E-state index in [2.05, 4.69) is 15.0 Å². The number of ether oxygens (including phenoxy) is 1. The van der Waals surface area contributed by atoms with Gasteiger partial charge in [-0.1, -0.05) is 17.7 Å². The standard InChI is InChI=1S/C18H14ClF4N3O5S2/c19-12-7-9(1-6-13(12)31-18(21,22)23)8-24-15(27)10-2-4-11(5-3-10)33(29,30)26-17-25-16(28)14(20)32-17/h1-7,14,16,28H,8H2,(H,24,27)(H,25,26)/t14-,16+/m0/s1. The Balaban J connectivity index is 1.60. The molecular formula is C18H14ClF4N3O5S2. The van der Waals surface area contributed by atoms with Crippen molar-refractivity contribution in [3.8, 4) is 5.75 Å². The molecule has 0 aliphatic carbocycles. The van der Waals surface area contributed by atoms with Crippen molar-refractivity contribution in [2.45, 2.75) is 29.5 Å². The zero-order chi connectivity index (χ0) is 24.4. The summed E-state index contributed by atoms with van der Waals surface area (Å²) < 4.78 is 80.6. The minimum absolute atomic E-state index is 0.0732. The maximum Gasteiger partial charge on any atom is 0.573 e. The highest BCUT2D eigenvalue weighted by Gasteiger charge is 2.32. The number of benzene rings is 2. The van der Waals surface area contributed by atoms with Crippen LogP contribution < -0.4 is 14.8 Å². The number of aliphatic hydroxyl groups is 1. The minimum atomic E-state index is -4.89. The van der Waals surface area contributed by atoms with Gasteiger partial charge in [-0.2, -0.15) is 0 Å². The molecule has 33 heavy (non-hydrogen) atoms. The molecule has 3 rings (SSSR count). The fourth-order valence-electron chi connectivity index (χ4n) is 2.53. The predicted octanol–water partition coefficient (Wildman–Crippen LogP) is 3.16. The minimum Gasteiger partial charge on any atom is -0.404 e. The van der Waals surface area contributed by atoms with Crippen LogP contribution in [0.4, 0.5) is 17.6 Å². The van der Waals surface area contributed by atoms with Gasteiger partial charge in [-0.25, -0.2) is 17.8 Å². The van der Waals surface area contributed by atoms with Gasteiger partial charge in [0.1, 0.15) is 5.75 Å². The lowest BCUT2D eigenvalue weighted by Gasteiger charge is -2.12. The molecule has 0 saturated carbocycles. The number of aliphatic hydroxyl groups excluding tert-OH is 1. The van der Waals surface area contributed by atoms with Crippen LogP contribution >= 0.6 is 23.4 Å². The molecule has 8 nitrogen and oxygen atoms in total. The van der Waals surface area contributed by atoms with E-state index in [1.54, 1.807) is 0 Å². The van der Waals surface area contributed by atoms with E-state index in [1.807, 2.05) is 4.72 Å². The van der Waals surface area contributed by atoms with Crippen LogP contribution in [0.15, 0.2) is 52.4 Å². The molecule has 2 atom stereocenters. The number of nitrogens with zero attached hydrogens (tertiary/aromatic N) is 1. The second kappa shape index (κ2) is 9.75. The topological polar surface area (TPSA) is 117 Å². The zero-order valence-corrected chi connectivity index (χ0v) is 18.5. The zero-order valence-electron chi connectivity index (χ0n) is 16.1. The van der Waals surface area contributed by atoms with E-state index >= 15 is 0 Å². The van der Waals surface area contributed by atoms with Gasteiger partial charge in [-0.15, -0.1) is 13.2 Å². The third-order valence-corrected chi connectivity index (χ3v) is 6.71.